The minimum absolute atomic E-state index is 0.0237. The van der Waals surface area contributed by atoms with E-state index in [1.807, 2.05) is 48.5 Å². The number of ether oxygens (including phenoxy) is 1. The molecule has 2 atom stereocenters. The Hall–Kier alpha value is -5.10. The molecule has 1 aliphatic heterocycles. The first-order valence-corrected chi connectivity index (χ1v) is 12.1. The highest BCUT2D eigenvalue weighted by Gasteiger charge is 2.36. The Balaban J connectivity index is 1.31. The van der Waals surface area contributed by atoms with Gasteiger partial charge in [0, 0.05) is 23.9 Å². The summed E-state index contributed by atoms with van der Waals surface area (Å²) in [5.74, 6) is 5.80. The number of amides is 2. The SMILES string of the molecule is C[C@H]1Oc2ccc(C#Cc3cccc(N)c3)cc2N(C)C(=O)[C@H]1NC(=O)c1ncn(Cc2ccccc2)n1. The van der Waals surface area contributed by atoms with E-state index < -0.39 is 18.1 Å². The molecule has 190 valence electrons. The van der Waals surface area contributed by atoms with Crippen LogP contribution in [-0.2, 0) is 11.3 Å². The fourth-order valence-corrected chi connectivity index (χ4v) is 4.14. The van der Waals surface area contributed by atoms with Crippen molar-refractivity contribution in [3.8, 4) is 17.6 Å². The van der Waals surface area contributed by atoms with E-state index >= 15 is 0 Å². The molecule has 4 aromatic rings. The maximum Gasteiger partial charge on any atom is 0.291 e. The number of anilines is 2. The summed E-state index contributed by atoms with van der Waals surface area (Å²) in [7, 11) is 1.64. The van der Waals surface area contributed by atoms with Gasteiger partial charge in [-0.2, -0.15) is 0 Å². The van der Waals surface area contributed by atoms with E-state index in [0.717, 1.165) is 11.1 Å². The number of benzene rings is 3. The number of nitrogen functional groups attached to an aromatic ring is 1. The van der Waals surface area contributed by atoms with E-state index in [4.69, 9.17) is 10.5 Å². The zero-order valence-corrected chi connectivity index (χ0v) is 21.0. The van der Waals surface area contributed by atoms with Gasteiger partial charge in [-0.05, 0) is 48.9 Å². The van der Waals surface area contributed by atoms with Crippen LogP contribution in [0.5, 0.6) is 5.75 Å². The van der Waals surface area contributed by atoms with Gasteiger partial charge in [0.05, 0.1) is 12.2 Å². The highest BCUT2D eigenvalue weighted by Crippen LogP contribution is 2.33. The molecule has 0 bridgehead atoms. The van der Waals surface area contributed by atoms with Crippen LogP contribution in [0.2, 0.25) is 0 Å². The number of aromatic nitrogens is 3. The number of hydrogen-bond acceptors (Lipinski definition) is 6. The van der Waals surface area contributed by atoms with Crippen molar-refractivity contribution in [3.63, 3.8) is 0 Å². The number of nitrogens with one attached hydrogen (secondary N) is 1. The lowest BCUT2D eigenvalue weighted by atomic mass is 10.1. The van der Waals surface area contributed by atoms with Gasteiger partial charge < -0.3 is 20.7 Å². The molecule has 5 rings (SSSR count). The molecule has 0 radical (unpaired) electrons. The van der Waals surface area contributed by atoms with E-state index in [1.54, 1.807) is 42.9 Å². The molecule has 1 aromatic heterocycles. The molecule has 38 heavy (non-hydrogen) atoms. The first-order chi connectivity index (χ1) is 18.4. The zero-order chi connectivity index (χ0) is 26.6. The Morgan fingerprint density at radius 1 is 1.05 bits per heavy atom. The third-order valence-electron chi connectivity index (χ3n) is 6.15. The summed E-state index contributed by atoms with van der Waals surface area (Å²) in [5.41, 5.74) is 9.55. The molecule has 1 aliphatic rings. The topological polar surface area (TPSA) is 115 Å². The third-order valence-corrected chi connectivity index (χ3v) is 6.15. The van der Waals surface area contributed by atoms with Crippen LogP contribution in [0, 0.1) is 11.8 Å². The van der Waals surface area contributed by atoms with Crippen molar-refractivity contribution in [3.05, 3.63) is 102 Å². The van der Waals surface area contributed by atoms with Crippen LogP contribution in [0.1, 0.15) is 34.2 Å². The number of carbonyl (C=O) groups excluding carboxylic acids is 2. The monoisotopic (exact) mass is 506 g/mol. The summed E-state index contributed by atoms with van der Waals surface area (Å²) >= 11 is 0. The van der Waals surface area contributed by atoms with Crippen molar-refractivity contribution in [2.75, 3.05) is 17.7 Å². The van der Waals surface area contributed by atoms with Crippen LogP contribution in [0.3, 0.4) is 0 Å². The van der Waals surface area contributed by atoms with Crippen LogP contribution in [0.15, 0.2) is 79.1 Å². The van der Waals surface area contributed by atoms with Gasteiger partial charge >= 0.3 is 0 Å². The highest BCUT2D eigenvalue weighted by molar-refractivity contribution is 6.02. The lowest BCUT2D eigenvalue weighted by Gasteiger charge is -2.23. The molecule has 3 N–H and O–H groups in total. The van der Waals surface area contributed by atoms with E-state index in [2.05, 4.69) is 27.2 Å². The average molecular weight is 507 g/mol. The van der Waals surface area contributed by atoms with Gasteiger partial charge in [0.25, 0.3) is 11.8 Å². The van der Waals surface area contributed by atoms with Crippen molar-refractivity contribution in [1.29, 1.82) is 0 Å². The minimum Gasteiger partial charge on any atom is -0.486 e. The van der Waals surface area contributed by atoms with Crippen molar-refractivity contribution in [2.24, 2.45) is 0 Å². The van der Waals surface area contributed by atoms with Crippen LogP contribution in [-0.4, -0.2) is 45.8 Å². The molecule has 0 aliphatic carbocycles. The summed E-state index contributed by atoms with van der Waals surface area (Å²) < 4.78 is 7.65. The van der Waals surface area contributed by atoms with Crippen LogP contribution < -0.4 is 20.7 Å². The number of nitrogens with zero attached hydrogens (tertiary/aromatic N) is 4. The van der Waals surface area contributed by atoms with Crippen LogP contribution >= 0.6 is 0 Å². The molecule has 0 saturated carbocycles. The summed E-state index contributed by atoms with van der Waals surface area (Å²) in [6, 6.07) is 21.5. The largest absolute Gasteiger partial charge is 0.486 e. The molecule has 0 spiro atoms. The smallest absolute Gasteiger partial charge is 0.291 e. The average Bonchev–Trinajstić information content (AvgIpc) is 3.36. The van der Waals surface area contributed by atoms with Crippen molar-refractivity contribution in [2.45, 2.75) is 25.6 Å². The van der Waals surface area contributed by atoms with Gasteiger partial charge in [-0.3, -0.25) is 9.59 Å². The van der Waals surface area contributed by atoms with Crippen LogP contribution in [0.25, 0.3) is 0 Å². The minimum atomic E-state index is -0.942. The Bertz CT molecular complexity index is 1550. The Morgan fingerprint density at radius 2 is 1.82 bits per heavy atom. The standard InChI is InChI=1S/C29H26N6O3/c1-19-26(32-28(36)27-31-18-35(33-27)17-22-7-4-3-5-8-22)29(37)34(2)24-16-21(13-14-25(24)38-19)12-11-20-9-6-10-23(30)15-20/h3-10,13-16,18-19,26H,17,30H2,1-2H3,(H,32,36)/t19-,26+/m1/s1. The second-order valence-corrected chi connectivity index (χ2v) is 8.98. The number of fused-ring (bicyclic) bond motifs is 1. The maximum absolute atomic E-state index is 13.4. The Morgan fingerprint density at radius 3 is 2.58 bits per heavy atom. The maximum atomic E-state index is 13.4. The number of nitrogens with two attached hydrogens (primary N) is 1. The van der Waals surface area contributed by atoms with E-state index in [-0.39, 0.29) is 11.7 Å². The highest BCUT2D eigenvalue weighted by atomic mass is 16.5. The summed E-state index contributed by atoms with van der Waals surface area (Å²) in [6.45, 7) is 2.21. The molecule has 2 amide bonds. The van der Waals surface area contributed by atoms with E-state index in [9.17, 15) is 9.59 Å². The lowest BCUT2D eigenvalue weighted by molar-refractivity contribution is -0.121. The van der Waals surface area contributed by atoms with E-state index in [0.29, 0.717) is 29.2 Å². The Kier molecular flexibility index (Phi) is 6.78. The molecule has 0 fully saturated rings. The molecular formula is C29H26N6O3. The number of likely N-dealkylation sites (N-methyl/N-ethyl adjacent to an activating group) is 1. The van der Waals surface area contributed by atoms with Crippen molar-refractivity contribution in [1.82, 2.24) is 20.1 Å². The van der Waals surface area contributed by atoms with Gasteiger partial charge in [-0.1, -0.05) is 48.2 Å². The predicted molar refractivity (Wildman–Crippen MR) is 144 cm³/mol. The van der Waals surface area contributed by atoms with E-state index in [1.165, 1.54) is 11.2 Å². The second kappa shape index (κ2) is 10.5. The molecule has 9 nitrogen and oxygen atoms in total. The molecule has 3 aromatic carbocycles. The zero-order valence-electron chi connectivity index (χ0n) is 21.0. The summed E-state index contributed by atoms with van der Waals surface area (Å²) in [5, 5.41) is 7.02. The normalized spacial score (nSPS) is 16.5. The van der Waals surface area contributed by atoms with Gasteiger partial charge in [-0.25, -0.2) is 9.67 Å². The lowest BCUT2D eigenvalue weighted by Crippen LogP contribution is -2.53. The fraction of sp³-hybridized carbons (Fsp3) is 0.172. The van der Waals surface area contributed by atoms with Gasteiger partial charge in [0.15, 0.2) is 0 Å². The quantitative estimate of drug-likeness (QED) is 0.325. The third kappa shape index (κ3) is 5.34. The first kappa shape index (κ1) is 24.6. The number of carbonyl (C=O) groups is 2. The molecule has 2 heterocycles. The first-order valence-electron chi connectivity index (χ1n) is 12.1. The summed E-state index contributed by atoms with van der Waals surface area (Å²) in [6.07, 6.45) is 0.858. The fourth-order valence-electron chi connectivity index (χ4n) is 4.14. The number of rotatable bonds is 4. The predicted octanol–water partition coefficient (Wildman–Crippen LogP) is 2.85. The second-order valence-electron chi connectivity index (χ2n) is 8.98. The van der Waals surface area contributed by atoms with Gasteiger partial charge in [-0.15, -0.1) is 5.10 Å². The molecule has 0 saturated heterocycles. The molecule has 9 heteroatoms. The van der Waals surface area contributed by atoms with Crippen molar-refractivity contribution >= 4 is 23.2 Å². The summed E-state index contributed by atoms with van der Waals surface area (Å²) in [4.78, 5) is 31.9. The Labute approximate surface area is 220 Å². The van der Waals surface area contributed by atoms with Gasteiger partial charge in [0.2, 0.25) is 5.82 Å². The van der Waals surface area contributed by atoms with Gasteiger partial charge in [0.1, 0.15) is 24.2 Å². The van der Waals surface area contributed by atoms with Crippen LogP contribution in [0.4, 0.5) is 11.4 Å². The van der Waals surface area contributed by atoms with Crippen molar-refractivity contribution < 1.29 is 14.3 Å². The molecular weight excluding hydrogens is 480 g/mol. The number of hydrogen-bond donors (Lipinski definition) is 2. The molecule has 0 unspecified atom stereocenters.